The molecule has 5 heteroatoms. The number of amides is 2. The fourth-order valence-corrected chi connectivity index (χ4v) is 3.73. The molecule has 1 saturated heterocycles. The van der Waals surface area contributed by atoms with Crippen molar-refractivity contribution in [1.82, 2.24) is 10.6 Å². The summed E-state index contributed by atoms with van der Waals surface area (Å²) in [7, 11) is 2.17. The normalized spacial score (nSPS) is 27.0. The second-order valence-electron chi connectivity index (χ2n) is 6.36. The molecule has 120 valence electrons. The molecule has 1 unspecified atom stereocenters. The third-order valence-corrected chi connectivity index (χ3v) is 4.68. The molecule has 2 amide bonds. The molecule has 1 aromatic carbocycles. The standard InChI is InChI=1S/C17H25N3O2/c1-12-16(15-8-6-5-7-9-15)20(4)11-10-17(12,18-13(2)21)19-14(3)22/h5-9,12,16H,10-11H2,1-4H3,(H,18,21)(H,19,22)/p+1/t12-,16+/m1/s1. The molecule has 1 aromatic rings. The van der Waals surface area contributed by atoms with Gasteiger partial charge in [0.05, 0.1) is 19.5 Å². The van der Waals surface area contributed by atoms with Gasteiger partial charge in [-0.1, -0.05) is 37.3 Å². The summed E-state index contributed by atoms with van der Waals surface area (Å²) in [5.41, 5.74) is 0.546. The van der Waals surface area contributed by atoms with Gasteiger partial charge < -0.3 is 15.5 Å². The van der Waals surface area contributed by atoms with Gasteiger partial charge >= 0.3 is 0 Å². The number of hydrogen-bond acceptors (Lipinski definition) is 2. The molecular formula is C17H26N3O2+. The summed E-state index contributed by atoms with van der Waals surface area (Å²) >= 11 is 0. The number of quaternary nitrogens is 1. The highest BCUT2D eigenvalue weighted by Crippen LogP contribution is 2.32. The van der Waals surface area contributed by atoms with Crippen LogP contribution in [0.15, 0.2) is 30.3 Å². The topological polar surface area (TPSA) is 62.6 Å². The maximum absolute atomic E-state index is 11.7. The summed E-state index contributed by atoms with van der Waals surface area (Å²) < 4.78 is 0. The lowest BCUT2D eigenvalue weighted by Gasteiger charge is -2.48. The van der Waals surface area contributed by atoms with Gasteiger partial charge in [0.1, 0.15) is 11.7 Å². The molecule has 0 spiro atoms. The summed E-state index contributed by atoms with van der Waals surface area (Å²) in [5, 5.41) is 6.02. The maximum atomic E-state index is 11.7. The predicted octanol–water partition coefficient (Wildman–Crippen LogP) is 0.251. The van der Waals surface area contributed by atoms with E-state index in [4.69, 9.17) is 0 Å². The lowest BCUT2D eigenvalue weighted by atomic mass is 9.77. The number of piperidine rings is 1. The van der Waals surface area contributed by atoms with Gasteiger partial charge in [0.15, 0.2) is 0 Å². The van der Waals surface area contributed by atoms with Crippen molar-refractivity contribution in [2.75, 3.05) is 13.6 Å². The molecular weight excluding hydrogens is 278 g/mol. The van der Waals surface area contributed by atoms with Gasteiger partial charge in [0.2, 0.25) is 11.8 Å². The first kappa shape index (κ1) is 16.5. The van der Waals surface area contributed by atoms with Crippen LogP contribution in [-0.2, 0) is 9.59 Å². The van der Waals surface area contributed by atoms with E-state index < -0.39 is 5.66 Å². The Morgan fingerprint density at radius 1 is 1.14 bits per heavy atom. The molecule has 1 fully saturated rings. The van der Waals surface area contributed by atoms with Crippen LogP contribution in [0.1, 0.15) is 38.8 Å². The molecule has 3 atom stereocenters. The minimum atomic E-state index is -0.683. The molecule has 0 saturated carbocycles. The molecule has 22 heavy (non-hydrogen) atoms. The third kappa shape index (κ3) is 3.30. The minimum Gasteiger partial charge on any atom is -0.333 e. The summed E-state index contributed by atoms with van der Waals surface area (Å²) in [4.78, 5) is 24.8. The highest BCUT2D eigenvalue weighted by molar-refractivity contribution is 5.77. The Kier molecular flexibility index (Phi) is 4.86. The summed E-state index contributed by atoms with van der Waals surface area (Å²) in [6, 6.07) is 10.5. The zero-order chi connectivity index (χ0) is 16.3. The van der Waals surface area contributed by atoms with Crippen LogP contribution < -0.4 is 15.5 Å². The van der Waals surface area contributed by atoms with Gasteiger partial charge in [-0.25, -0.2) is 0 Å². The van der Waals surface area contributed by atoms with Gasteiger partial charge in [-0.05, 0) is 0 Å². The number of benzene rings is 1. The van der Waals surface area contributed by atoms with Gasteiger partial charge in [-0.3, -0.25) is 9.59 Å². The van der Waals surface area contributed by atoms with Crippen LogP contribution in [0, 0.1) is 5.92 Å². The molecule has 1 aliphatic heterocycles. The minimum absolute atomic E-state index is 0.0800. The Balaban J connectivity index is 2.39. The number of carbonyl (C=O) groups is 2. The maximum Gasteiger partial charge on any atom is 0.218 e. The quantitative estimate of drug-likeness (QED) is 0.701. The Morgan fingerprint density at radius 2 is 1.68 bits per heavy atom. The van der Waals surface area contributed by atoms with Crippen molar-refractivity contribution in [3.63, 3.8) is 0 Å². The van der Waals surface area contributed by atoms with Crippen molar-refractivity contribution < 1.29 is 14.5 Å². The van der Waals surface area contributed by atoms with Crippen molar-refractivity contribution in [2.24, 2.45) is 5.92 Å². The van der Waals surface area contributed by atoms with Crippen molar-refractivity contribution in [1.29, 1.82) is 0 Å². The highest BCUT2D eigenvalue weighted by Gasteiger charge is 2.49. The monoisotopic (exact) mass is 304 g/mol. The summed E-state index contributed by atoms with van der Waals surface area (Å²) in [6.45, 7) is 5.98. The van der Waals surface area contributed by atoms with Gasteiger partial charge in [-0.15, -0.1) is 0 Å². The number of rotatable bonds is 3. The lowest BCUT2D eigenvalue weighted by molar-refractivity contribution is -0.924. The molecule has 0 aliphatic carbocycles. The molecule has 2 rings (SSSR count). The molecule has 0 aromatic heterocycles. The SMILES string of the molecule is CC(=O)NC1(NC(C)=O)CC[NH+](C)[C@H](c2ccccc2)[C@H]1C. The number of nitrogens with one attached hydrogen (secondary N) is 3. The second kappa shape index (κ2) is 6.48. The number of hydrogen-bond donors (Lipinski definition) is 3. The average Bonchev–Trinajstić information content (AvgIpc) is 2.43. The fraction of sp³-hybridized carbons (Fsp3) is 0.529. The van der Waals surface area contributed by atoms with E-state index in [9.17, 15) is 9.59 Å². The Morgan fingerprint density at radius 3 is 2.18 bits per heavy atom. The van der Waals surface area contributed by atoms with Crippen molar-refractivity contribution >= 4 is 11.8 Å². The summed E-state index contributed by atoms with van der Waals surface area (Å²) in [5.74, 6) is -0.157. The summed E-state index contributed by atoms with van der Waals surface area (Å²) in [6.07, 6.45) is 0.725. The molecule has 5 nitrogen and oxygen atoms in total. The van der Waals surface area contributed by atoms with Crippen molar-refractivity contribution in [3.05, 3.63) is 35.9 Å². The predicted molar refractivity (Wildman–Crippen MR) is 85.1 cm³/mol. The largest absolute Gasteiger partial charge is 0.333 e. The zero-order valence-electron chi connectivity index (χ0n) is 13.8. The van der Waals surface area contributed by atoms with Crippen LogP contribution >= 0.6 is 0 Å². The highest BCUT2D eigenvalue weighted by atomic mass is 16.2. The Hall–Kier alpha value is -1.88. The number of carbonyl (C=O) groups excluding carboxylic acids is 2. The first-order chi connectivity index (χ1) is 10.4. The molecule has 0 bridgehead atoms. The van der Waals surface area contributed by atoms with Gasteiger partial charge in [0, 0.05) is 25.8 Å². The van der Waals surface area contributed by atoms with Crippen LogP contribution in [0.25, 0.3) is 0 Å². The Bertz CT molecular complexity index is 528. The van der Waals surface area contributed by atoms with E-state index in [0.29, 0.717) is 0 Å². The van der Waals surface area contributed by atoms with Crippen LogP contribution in [0.3, 0.4) is 0 Å². The van der Waals surface area contributed by atoms with E-state index >= 15 is 0 Å². The van der Waals surface area contributed by atoms with Crippen molar-refractivity contribution in [2.45, 2.75) is 38.9 Å². The van der Waals surface area contributed by atoms with Crippen LogP contribution in [0.5, 0.6) is 0 Å². The van der Waals surface area contributed by atoms with Crippen LogP contribution in [-0.4, -0.2) is 31.1 Å². The third-order valence-electron chi connectivity index (χ3n) is 4.68. The van der Waals surface area contributed by atoms with Gasteiger partial charge in [0.25, 0.3) is 0 Å². The van der Waals surface area contributed by atoms with E-state index in [1.807, 2.05) is 18.2 Å². The van der Waals surface area contributed by atoms with E-state index in [1.165, 1.54) is 24.3 Å². The van der Waals surface area contributed by atoms with E-state index in [1.54, 1.807) is 0 Å². The first-order valence-corrected chi connectivity index (χ1v) is 7.80. The Labute approximate surface area is 132 Å². The first-order valence-electron chi connectivity index (χ1n) is 7.80. The molecule has 1 heterocycles. The van der Waals surface area contributed by atoms with E-state index in [-0.39, 0.29) is 23.8 Å². The van der Waals surface area contributed by atoms with Crippen LogP contribution in [0.4, 0.5) is 0 Å². The molecule has 3 N–H and O–H groups in total. The van der Waals surface area contributed by atoms with E-state index in [0.717, 1.165) is 13.0 Å². The second-order valence-corrected chi connectivity index (χ2v) is 6.36. The van der Waals surface area contributed by atoms with Crippen LogP contribution in [0.2, 0.25) is 0 Å². The molecule has 1 aliphatic rings. The lowest BCUT2D eigenvalue weighted by Crippen LogP contribution is -3.12. The smallest absolute Gasteiger partial charge is 0.218 e. The molecule has 0 radical (unpaired) electrons. The zero-order valence-corrected chi connectivity index (χ0v) is 13.8. The van der Waals surface area contributed by atoms with E-state index in [2.05, 4.69) is 36.7 Å². The van der Waals surface area contributed by atoms with Gasteiger partial charge in [-0.2, -0.15) is 0 Å². The number of likely N-dealkylation sites (tertiary alicyclic amines) is 1. The fourth-order valence-electron chi connectivity index (χ4n) is 3.73. The van der Waals surface area contributed by atoms with Crippen molar-refractivity contribution in [3.8, 4) is 0 Å². The average molecular weight is 304 g/mol.